The van der Waals surface area contributed by atoms with Gasteiger partial charge in [-0.25, -0.2) is 4.98 Å². The molecule has 0 aliphatic rings. The maximum absolute atomic E-state index is 6.13. The van der Waals surface area contributed by atoms with Crippen LogP contribution in [0.25, 0.3) is 16.7 Å². The molecule has 0 bridgehead atoms. The van der Waals surface area contributed by atoms with E-state index in [1.165, 1.54) is 0 Å². The molecule has 5 heteroatoms. The summed E-state index contributed by atoms with van der Waals surface area (Å²) in [4.78, 5) is 4.57. The number of rotatable bonds is 3. The van der Waals surface area contributed by atoms with Gasteiger partial charge in [-0.05, 0) is 42.8 Å². The second-order valence-electron chi connectivity index (χ2n) is 4.81. The Morgan fingerprint density at radius 1 is 1.19 bits per heavy atom. The zero-order valence-electron chi connectivity index (χ0n) is 11.7. The second-order valence-corrected chi connectivity index (χ2v) is 5.51. The lowest BCUT2D eigenvalue weighted by Gasteiger charge is -2.13. The largest absolute Gasteiger partial charge is 0.495 e. The van der Waals surface area contributed by atoms with Crippen LogP contribution in [0.4, 0.5) is 0 Å². The Labute approximate surface area is 133 Å². The van der Waals surface area contributed by atoms with E-state index in [-0.39, 0.29) is 0 Å². The Balaban J connectivity index is 2.38. The molecule has 0 spiro atoms. The molecule has 0 aliphatic carbocycles. The van der Waals surface area contributed by atoms with Crippen LogP contribution in [0.2, 0.25) is 5.02 Å². The fourth-order valence-corrected chi connectivity index (χ4v) is 2.78. The number of hydrogen-bond donors (Lipinski definition) is 0. The van der Waals surface area contributed by atoms with Crippen molar-refractivity contribution in [2.75, 3.05) is 7.11 Å². The van der Waals surface area contributed by atoms with Crippen molar-refractivity contribution in [2.24, 2.45) is 0 Å². The van der Waals surface area contributed by atoms with Crippen LogP contribution in [0.3, 0.4) is 0 Å². The highest BCUT2D eigenvalue weighted by atomic mass is 35.5. The quantitative estimate of drug-likeness (QED) is 0.652. The van der Waals surface area contributed by atoms with Crippen molar-refractivity contribution in [3.8, 4) is 11.4 Å². The summed E-state index contributed by atoms with van der Waals surface area (Å²) < 4.78 is 7.48. The van der Waals surface area contributed by atoms with Gasteiger partial charge in [-0.2, -0.15) is 0 Å². The summed E-state index contributed by atoms with van der Waals surface area (Å²) >= 11 is 12.2. The van der Waals surface area contributed by atoms with E-state index < -0.39 is 0 Å². The smallest absolute Gasteiger partial charge is 0.142 e. The molecule has 0 unspecified atom stereocenters. The number of aryl methyl sites for hydroxylation is 1. The van der Waals surface area contributed by atoms with E-state index in [1.54, 1.807) is 7.11 Å². The first kappa shape index (κ1) is 14.2. The van der Waals surface area contributed by atoms with Gasteiger partial charge in [0, 0.05) is 5.02 Å². The number of benzene rings is 2. The van der Waals surface area contributed by atoms with Gasteiger partial charge in [0.1, 0.15) is 11.6 Å². The van der Waals surface area contributed by atoms with Gasteiger partial charge in [-0.15, -0.1) is 11.6 Å². The third kappa shape index (κ3) is 2.47. The summed E-state index contributed by atoms with van der Waals surface area (Å²) in [6.07, 6.45) is 0. The Bertz CT molecular complexity index is 811. The van der Waals surface area contributed by atoms with Crippen LogP contribution in [-0.2, 0) is 5.88 Å². The summed E-state index contributed by atoms with van der Waals surface area (Å²) in [6, 6.07) is 11.6. The third-order valence-corrected chi connectivity index (χ3v) is 3.85. The number of ether oxygens (including phenoxy) is 1. The first-order chi connectivity index (χ1) is 10.1. The second kappa shape index (κ2) is 5.58. The fraction of sp³-hybridized carbons (Fsp3) is 0.188. The molecule has 0 fully saturated rings. The van der Waals surface area contributed by atoms with Gasteiger partial charge >= 0.3 is 0 Å². The molecular formula is C16H14Cl2N2O. The van der Waals surface area contributed by atoms with Crippen LogP contribution >= 0.6 is 23.2 Å². The molecule has 0 radical (unpaired) electrons. The van der Waals surface area contributed by atoms with Gasteiger partial charge in [-0.1, -0.05) is 17.7 Å². The molecule has 0 atom stereocenters. The molecule has 1 aromatic heterocycles. The third-order valence-electron chi connectivity index (χ3n) is 3.38. The van der Waals surface area contributed by atoms with E-state index in [0.717, 1.165) is 33.9 Å². The van der Waals surface area contributed by atoms with Gasteiger partial charge in [0.05, 0.1) is 29.7 Å². The monoisotopic (exact) mass is 320 g/mol. The molecule has 21 heavy (non-hydrogen) atoms. The topological polar surface area (TPSA) is 27.1 Å². The summed E-state index contributed by atoms with van der Waals surface area (Å²) in [7, 11) is 1.65. The lowest BCUT2D eigenvalue weighted by molar-refractivity contribution is 0.413. The maximum atomic E-state index is 6.13. The van der Waals surface area contributed by atoms with Gasteiger partial charge in [0.15, 0.2) is 0 Å². The number of methoxy groups -OCH3 is 1. The van der Waals surface area contributed by atoms with Gasteiger partial charge in [-0.3, -0.25) is 4.57 Å². The molecule has 3 rings (SSSR count). The Morgan fingerprint density at radius 2 is 2.00 bits per heavy atom. The molecule has 3 aromatic rings. The van der Waals surface area contributed by atoms with Gasteiger partial charge < -0.3 is 4.74 Å². The molecule has 3 nitrogen and oxygen atoms in total. The van der Waals surface area contributed by atoms with Crippen molar-refractivity contribution < 1.29 is 4.74 Å². The highest BCUT2D eigenvalue weighted by Gasteiger charge is 2.15. The summed E-state index contributed by atoms with van der Waals surface area (Å²) in [5.41, 5.74) is 3.83. The van der Waals surface area contributed by atoms with E-state index in [4.69, 9.17) is 27.9 Å². The van der Waals surface area contributed by atoms with Crippen LogP contribution in [0.5, 0.6) is 5.75 Å². The first-order valence-corrected chi connectivity index (χ1v) is 7.43. The number of hydrogen-bond acceptors (Lipinski definition) is 2. The number of imidazole rings is 1. The average molecular weight is 321 g/mol. The predicted octanol–water partition coefficient (Wildman–Crippen LogP) is 4.73. The normalized spacial score (nSPS) is 11.0. The number of halogens is 2. The van der Waals surface area contributed by atoms with Crippen molar-refractivity contribution in [3.05, 3.63) is 52.8 Å². The van der Waals surface area contributed by atoms with Crippen molar-refractivity contribution in [1.82, 2.24) is 9.55 Å². The maximum Gasteiger partial charge on any atom is 0.142 e. The van der Waals surface area contributed by atoms with E-state index >= 15 is 0 Å². The zero-order chi connectivity index (χ0) is 15.0. The lowest BCUT2D eigenvalue weighted by Crippen LogP contribution is -2.02. The minimum atomic E-state index is 0.309. The number of fused-ring (bicyclic) bond motifs is 1. The SMILES string of the molecule is COc1ccc(C)cc1-n1c(CCl)nc2ccc(Cl)cc21. The molecule has 0 aliphatic heterocycles. The molecule has 108 valence electrons. The highest BCUT2D eigenvalue weighted by Crippen LogP contribution is 2.31. The van der Waals surface area contributed by atoms with Crippen molar-refractivity contribution in [3.63, 3.8) is 0 Å². The van der Waals surface area contributed by atoms with E-state index in [1.807, 2.05) is 41.8 Å². The first-order valence-electron chi connectivity index (χ1n) is 6.52. The molecule has 0 saturated heterocycles. The number of nitrogens with zero attached hydrogens (tertiary/aromatic N) is 2. The Hall–Kier alpha value is -1.71. The molecule has 1 heterocycles. The number of aromatic nitrogens is 2. The van der Waals surface area contributed by atoms with E-state index in [9.17, 15) is 0 Å². The zero-order valence-corrected chi connectivity index (χ0v) is 13.2. The van der Waals surface area contributed by atoms with Crippen LogP contribution in [-0.4, -0.2) is 16.7 Å². The minimum absolute atomic E-state index is 0.309. The van der Waals surface area contributed by atoms with Gasteiger partial charge in [0.2, 0.25) is 0 Å². The molecule has 2 aromatic carbocycles. The van der Waals surface area contributed by atoms with Crippen molar-refractivity contribution in [2.45, 2.75) is 12.8 Å². The van der Waals surface area contributed by atoms with Crippen LogP contribution < -0.4 is 4.74 Å². The molecular weight excluding hydrogens is 307 g/mol. The Morgan fingerprint density at radius 3 is 2.71 bits per heavy atom. The van der Waals surface area contributed by atoms with Crippen LogP contribution in [0.15, 0.2) is 36.4 Å². The Kier molecular flexibility index (Phi) is 3.79. The lowest BCUT2D eigenvalue weighted by atomic mass is 10.2. The highest BCUT2D eigenvalue weighted by molar-refractivity contribution is 6.31. The van der Waals surface area contributed by atoms with Crippen LogP contribution in [0, 0.1) is 6.92 Å². The van der Waals surface area contributed by atoms with Crippen molar-refractivity contribution in [1.29, 1.82) is 0 Å². The van der Waals surface area contributed by atoms with E-state index in [2.05, 4.69) is 11.1 Å². The fourth-order valence-electron chi connectivity index (χ4n) is 2.43. The predicted molar refractivity (Wildman–Crippen MR) is 86.9 cm³/mol. The molecule has 0 N–H and O–H groups in total. The standard InChI is InChI=1S/C16H14Cl2N2O/c1-10-3-6-15(21-2)14(7-10)20-13-8-11(18)4-5-12(13)19-16(20)9-17/h3-8H,9H2,1-2H3. The summed E-state index contributed by atoms with van der Waals surface area (Å²) in [6.45, 7) is 2.04. The van der Waals surface area contributed by atoms with Crippen LogP contribution in [0.1, 0.15) is 11.4 Å². The summed E-state index contributed by atoms with van der Waals surface area (Å²) in [5.74, 6) is 1.84. The van der Waals surface area contributed by atoms with E-state index in [0.29, 0.717) is 10.9 Å². The molecule has 0 saturated carbocycles. The minimum Gasteiger partial charge on any atom is -0.495 e. The van der Waals surface area contributed by atoms with Crippen molar-refractivity contribution >= 4 is 34.2 Å². The number of alkyl halides is 1. The average Bonchev–Trinajstić information content (AvgIpc) is 2.84. The van der Waals surface area contributed by atoms with Gasteiger partial charge in [0.25, 0.3) is 0 Å². The summed E-state index contributed by atoms with van der Waals surface area (Å²) in [5, 5.41) is 0.663. The molecule has 0 amide bonds.